The van der Waals surface area contributed by atoms with Crippen LogP contribution in [0.25, 0.3) is 0 Å². The number of hydrogen-bond donors (Lipinski definition) is 2. The van der Waals surface area contributed by atoms with Gasteiger partial charge in [-0.05, 0) is 69.3 Å². The van der Waals surface area contributed by atoms with Crippen molar-refractivity contribution < 1.29 is 27.4 Å². The highest BCUT2D eigenvalue weighted by Gasteiger charge is 2.36. The standard InChI is InChI=1S/C23H34F3N3O3S/c1-3-27-22(30)29-14-6-8-19(28-33-2)20(29)15-31-17-12-10-16(11-13-17)18-7-4-5-9-21(18)32-23(24,25)26/h4-5,7,9,16-17,19-20,28H,3,6,8,10-15H2,1-2H3,(H,27,30)/t16-,17+,19?,20?. The summed E-state index contributed by atoms with van der Waals surface area (Å²) >= 11 is 1.55. The number of hydrogen-bond acceptors (Lipinski definition) is 5. The average molecular weight is 490 g/mol. The van der Waals surface area contributed by atoms with Crippen LogP contribution in [0.2, 0.25) is 0 Å². The Bertz CT molecular complexity index is 758. The average Bonchev–Trinajstić information content (AvgIpc) is 2.78. The van der Waals surface area contributed by atoms with Crippen molar-refractivity contribution in [2.45, 2.75) is 75.9 Å². The van der Waals surface area contributed by atoms with Crippen molar-refractivity contribution in [3.8, 4) is 5.75 Å². The van der Waals surface area contributed by atoms with Gasteiger partial charge in [0.2, 0.25) is 0 Å². The van der Waals surface area contributed by atoms with Crippen molar-refractivity contribution in [2.24, 2.45) is 0 Å². The fraction of sp³-hybridized carbons (Fsp3) is 0.696. The van der Waals surface area contributed by atoms with Gasteiger partial charge in [0.1, 0.15) is 5.75 Å². The van der Waals surface area contributed by atoms with Crippen molar-refractivity contribution in [3.63, 3.8) is 0 Å². The summed E-state index contributed by atoms with van der Waals surface area (Å²) in [6.07, 6.45) is 2.23. The van der Waals surface area contributed by atoms with Gasteiger partial charge in [0.25, 0.3) is 0 Å². The first-order chi connectivity index (χ1) is 15.8. The van der Waals surface area contributed by atoms with Crippen LogP contribution in [0.5, 0.6) is 5.75 Å². The number of piperidine rings is 1. The number of ether oxygens (including phenoxy) is 2. The second kappa shape index (κ2) is 12.2. The fourth-order valence-corrected chi connectivity index (χ4v) is 5.45. The van der Waals surface area contributed by atoms with Crippen molar-refractivity contribution >= 4 is 18.0 Å². The predicted octanol–water partition coefficient (Wildman–Crippen LogP) is 5.06. The Morgan fingerprint density at radius 3 is 2.58 bits per heavy atom. The molecule has 2 N–H and O–H groups in total. The molecule has 33 heavy (non-hydrogen) atoms. The summed E-state index contributed by atoms with van der Waals surface area (Å²) in [5.74, 6) is -0.101. The van der Waals surface area contributed by atoms with E-state index in [1.807, 2.05) is 18.1 Å². The zero-order valence-corrected chi connectivity index (χ0v) is 20.0. The summed E-state index contributed by atoms with van der Waals surface area (Å²) in [5, 5.41) is 2.90. The van der Waals surface area contributed by atoms with Gasteiger partial charge < -0.3 is 19.7 Å². The second-order valence-corrected chi connectivity index (χ2v) is 9.20. The molecule has 1 saturated heterocycles. The Hall–Kier alpha value is -1.65. The highest BCUT2D eigenvalue weighted by Crippen LogP contribution is 2.40. The molecule has 1 aromatic rings. The minimum absolute atomic E-state index is 0.0100. The lowest BCUT2D eigenvalue weighted by atomic mass is 9.82. The van der Waals surface area contributed by atoms with Gasteiger partial charge in [-0.1, -0.05) is 30.1 Å². The molecule has 10 heteroatoms. The van der Waals surface area contributed by atoms with Gasteiger partial charge in [0.05, 0.1) is 18.8 Å². The largest absolute Gasteiger partial charge is 0.573 e. The van der Waals surface area contributed by atoms with Crippen LogP contribution in [0.1, 0.15) is 56.9 Å². The van der Waals surface area contributed by atoms with Gasteiger partial charge in [0, 0.05) is 19.1 Å². The molecule has 1 aromatic carbocycles. The Morgan fingerprint density at radius 1 is 1.18 bits per heavy atom. The molecular formula is C23H34F3N3O3S. The smallest absolute Gasteiger partial charge is 0.405 e. The van der Waals surface area contributed by atoms with Gasteiger partial charge in [-0.2, -0.15) is 0 Å². The molecule has 2 amide bonds. The van der Waals surface area contributed by atoms with Crippen LogP contribution < -0.4 is 14.8 Å². The van der Waals surface area contributed by atoms with E-state index in [1.54, 1.807) is 30.1 Å². The van der Waals surface area contributed by atoms with E-state index in [2.05, 4.69) is 14.8 Å². The van der Waals surface area contributed by atoms with Crippen LogP contribution in [0.3, 0.4) is 0 Å². The van der Waals surface area contributed by atoms with Crippen LogP contribution in [0, 0.1) is 0 Å². The molecule has 0 spiro atoms. The van der Waals surface area contributed by atoms with Crippen molar-refractivity contribution in [3.05, 3.63) is 29.8 Å². The third kappa shape index (κ3) is 7.42. The highest BCUT2D eigenvalue weighted by molar-refractivity contribution is 7.96. The SMILES string of the molecule is CCNC(=O)N1CCCC(NSC)C1CO[C@H]1CC[C@@H](c2ccccc2OC(F)(F)F)CC1. The number of amides is 2. The zero-order valence-electron chi connectivity index (χ0n) is 19.2. The first-order valence-electron chi connectivity index (χ1n) is 11.6. The molecule has 2 aliphatic rings. The van der Waals surface area contributed by atoms with Crippen molar-refractivity contribution in [1.29, 1.82) is 0 Å². The number of rotatable bonds is 8. The van der Waals surface area contributed by atoms with E-state index in [1.165, 1.54) is 6.07 Å². The lowest BCUT2D eigenvalue weighted by Gasteiger charge is -2.42. The highest BCUT2D eigenvalue weighted by atomic mass is 32.2. The van der Waals surface area contributed by atoms with E-state index in [-0.39, 0.29) is 35.9 Å². The maximum absolute atomic E-state index is 12.8. The second-order valence-electron chi connectivity index (χ2n) is 8.56. The van der Waals surface area contributed by atoms with Crippen molar-refractivity contribution in [2.75, 3.05) is 26.0 Å². The molecule has 0 radical (unpaired) electrons. The van der Waals surface area contributed by atoms with E-state index in [9.17, 15) is 18.0 Å². The fourth-order valence-electron chi connectivity index (χ4n) is 4.87. The van der Waals surface area contributed by atoms with E-state index >= 15 is 0 Å². The number of halogens is 3. The van der Waals surface area contributed by atoms with Crippen molar-refractivity contribution in [1.82, 2.24) is 14.9 Å². The quantitative estimate of drug-likeness (QED) is 0.500. The van der Waals surface area contributed by atoms with E-state index in [0.29, 0.717) is 25.3 Å². The summed E-state index contributed by atoms with van der Waals surface area (Å²) < 4.78 is 52.2. The van der Waals surface area contributed by atoms with E-state index in [4.69, 9.17) is 4.74 Å². The minimum Gasteiger partial charge on any atom is -0.405 e. The Kier molecular flexibility index (Phi) is 9.57. The van der Waals surface area contributed by atoms with E-state index in [0.717, 1.165) is 38.5 Å². The topological polar surface area (TPSA) is 62.8 Å². The van der Waals surface area contributed by atoms with Crippen LogP contribution >= 0.6 is 11.9 Å². The Morgan fingerprint density at radius 2 is 1.91 bits per heavy atom. The zero-order chi connectivity index (χ0) is 23.8. The van der Waals surface area contributed by atoms with Crippen LogP contribution in [-0.4, -0.2) is 61.4 Å². The van der Waals surface area contributed by atoms with Gasteiger partial charge >= 0.3 is 12.4 Å². The third-order valence-corrected chi connectivity index (χ3v) is 6.94. The first-order valence-corrected chi connectivity index (χ1v) is 12.8. The number of nitrogens with zero attached hydrogens (tertiary/aromatic N) is 1. The number of para-hydroxylation sites is 1. The number of urea groups is 1. The van der Waals surface area contributed by atoms with Gasteiger partial charge in [0.15, 0.2) is 0 Å². The number of nitrogens with one attached hydrogen (secondary N) is 2. The molecule has 1 saturated carbocycles. The number of carbonyl (C=O) groups is 1. The molecule has 1 aliphatic heterocycles. The Labute approximate surface area is 198 Å². The predicted molar refractivity (Wildman–Crippen MR) is 123 cm³/mol. The number of alkyl halides is 3. The summed E-state index contributed by atoms with van der Waals surface area (Å²) in [6.45, 7) is 3.63. The van der Waals surface area contributed by atoms with Crippen LogP contribution in [0.15, 0.2) is 24.3 Å². The molecular weight excluding hydrogens is 455 g/mol. The summed E-state index contributed by atoms with van der Waals surface area (Å²) in [6, 6.07) is 6.43. The molecule has 2 atom stereocenters. The Balaban J connectivity index is 1.57. The molecule has 2 fully saturated rings. The number of likely N-dealkylation sites (tertiary alicyclic amines) is 1. The number of carbonyl (C=O) groups excluding carboxylic acids is 1. The maximum atomic E-state index is 12.8. The monoisotopic (exact) mass is 489 g/mol. The lowest BCUT2D eigenvalue weighted by Crippen LogP contribution is -2.59. The first kappa shape index (κ1) is 26.0. The van der Waals surface area contributed by atoms with Crippen LogP contribution in [-0.2, 0) is 4.74 Å². The van der Waals surface area contributed by atoms with Gasteiger partial charge in [-0.3, -0.25) is 4.72 Å². The van der Waals surface area contributed by atoms with Crippen LogP contribution in [0.4, 0.5) is 18.0 Å². The van der Waals surface area contributed by atoms with Gasteiger partial charge in [-0.15, -0.1) is 13.2 Å². The van der Waals surface area contributed by atoms with Gasteiger partial charge in [-0.25, -0.2) is 4.79 Å². The lowest BCUT2D eigenvalue weighted by molar-refractivity contribution is -0.275. The minimum atomic E-state index is -4.70. The molecule has 1 heterocycles. The maximum Gasteiger partial charge on any atom is 0.573 e. The molecule has 0 bridgehead atoms. The van der Waals surface area contributed by atoms with E-state index < -0.39 is 6.36 Å². The third-order valence-electron chi connectivity index (χ3n) is 6.40. The molecule has 186 valence electrons. The molecule has 2 unspecified atom stereocenters. The normalized spacial score (nSPS) is 26.2. The molecule has 6 nitrogen and oxygen atoms in total. The molecule has 1 aliphatic carbocycles. The molecule has 3 rings (SSSR count). The summed E-state index contributed by atoms with van der Waals surface area (Å²) in [7, 11) is 0. The summed E-state index contributed by atoms with van der Waals surface area (Å²) in [4.78, 5) is 14.4. The summed E-state index contributed by atoms with van der Waals surface area (Å²) in [5.41, 5.74) is 0.604. The number of benzene rings is 1. The molecule has 0 aromatic heterocycles.